The predicted octanol–water partition coefficient (Wildman–Crippen LogP) is 4.37. The van der Waals surface area contributed by atoms with Gasteiger partial charge in [-0.2, -0.15) is 5.10 Å². The topological polar surface area (TPSA) is 92.9 Å². The fourth-order valence-electron chi connectivity index (χ4n) is 3.25. The molecular weight excluding hydrogens is 418 g/mol. The molecule has 0 fully saturated rings. The summed E-state index contributed by atoms with van der Waals surface area (Å²) in [4.78, 5) is 23.3. The lowest BCUT2D eigenvalue weighted by atomic mass is 10.1. The standard InChI is InChI=1S/C26H21N3O4/c30-25(18-33-24-13-11-20(12-14-24)19-6-2-1-3-7-19)28-27-17-23-10-5-15-29(23)22-9-4-8-21(16-22)26(31)32/h1-17H,18H2,(H,28,30)(H,31,32). The summed E-state index contributed by atoms with van der Waals surface area (Å²) < 4.78 is 7.30. The maximum absolute atomic E-state index is 12.1. The Labute approximate surface area is 190 Å². The summed E-state index contributed by atoms with van der Waals surface area (Å²) in [6.45, 7) is -0.177. The van der Waals surface area contributed by atoms with Crippen molar-refractivity contribution in [2.24, 2.45) is 5.10 Å². The largest absolute Gasteiger partial charge is 0.484 e. The molecule has 0 radical (unpaired) electrons. The van der Waals surface area contributed by atoms with E-state index in [2.05, 4.69) is 10.5 Å². The summed E-state index contributed by atoms with van der Waals surface area (Å²) in [5, 5.41) is 13.2. The van der Waals surface area contributed by atoms with Gasteiger partial charge in [0.2, 0.25) is 0 Å². The number of hydrogen-bond acceptors (Lipinski definition) is 4. The molecule has 0 saturated carbocycles. The fraction of sp³-hybridized carbons (Fsp3) is 0.0385. The van der Waals surface area contributed by atoms with Crippen molar-refractivity contribution in [3.05, 3.63) is 108 Å². The van der Waals surface area contributed by atoms with Gasteiger partial charge in [-0.1, -0.05) is 48.5 Å². The number of aromatic carboxylic acids is 1. The molecular formula is C26H21N3O4. The van der Waals surface area contributed by atoms with E-state index in [0.717, 1.165) is 11.1 Å². The van der Waals surface area contributed by atoms with E-state index in [1.54, 1.807) is 41.1 Å². The van der Waals surface area contributed by atoms with E-state index >= 15 is 0 Å². The molecule has 0 atom stereocenters. The highest BCUT2D eigenvalue weighted by Crippen LogP contribution is 2.22. The second kappa shape index (κ2) is 10.1. The fourth-order valence-corrected chi connectivity index (χ4v) is 3.25. The monoisotopic (exact) mass is 439 g/mol. The van der Waals surface area contributed by atoms with Crippen molar-refractivity contribution in [1.82, 2.24) is 9.99 Å². The smallest absolute Gasteiger partial charge is 0.335 e. The summed E-state index contributed by atoms with van der Waals surface area (Å²) in [7, 11) is 0. The average Bonchev–Trinajstić information content (AvgIpc) is 3.32. The van der Waals surface area contributed by atoms with E-state index in [9.17, 15) is 14.7 Å². The van der Waals surface area contributed by atoms with Crippen LogP contribution in [0.4, 0.5) is 0 Å². The number of ether oxygens (including phenoxy) is 1. The molecule has 1 heterocycles. The first-order valence-electron chi connectivity index (χ1n) is 10.2. The number of benzene rings is 3. The van der Waals surface area contributed by atoms with E-state index in [1.807, 2.05) is 54.6 Å². The van der Waals surface area contributed by atoms with Gasteiger partial charge in [-0.15, -0.1) is 0 Å². The molecule has 164 valence electrons. The van der Waals surface area contributed by atoms with Crippen molar-refractivity contribution < 1.29 is 19.4 Å². The molecule has 0 unspecified atom stereocenters. The zero-order chi connectivity index (χ0) is 23.0. The van der Waals surface area contributed by atoms with Crippen molar-refractivity contribution in [3.8, 4) is 22.6 Å². The zero-order valence-corrected chi connectivity index (χ0v) is 17.6. The quantitative estimate of drug-likeness (QED) is 0.315. The normalized spacial score (nSPS) is 10.8. The summed E-state index contributed by atoms with van der Waals surface area (Å²) in [5.41, 5.74) is 6.14. The molecule has 0 spiro atoms. The van der Waals surface area contributed by atoms with Crippen LogP contribution in [0.25, 0.3) is 16.8 Å². The lowest BCUT2D eigenvalue weighted by Crippen LogP contribution is -2.24. The summed E-state index contributed by atoms with van der Waals surface area (Å²) >= 11 is 0. The Balaban J connectivity index is 1.32. The lowest BCUT2D eigenvalue weighted by molar-refractivity contribution is -0.123. The van der Waals surface area contributed by atoms with Crippen molar-refractivity contribution in [2.75, 3.05) is 6.61 Å². The van der Waals surface area contributed by atoms with E-state index < -0.39 is 11.9 Å². The van der Waals surface area contributed by atoms with Gasteiger partial charge in [0.25, 0.3) is 5.91 Å². The van der Waals surface area contributed by atoms with Crippen LogP contribution in [0.15, 0.2) is 102 Å². The lowest BCUT2D eigenvalue weighted by Gasteiger charge is -2.08. The Kier molecular flexibility index (Phi) is 6.61. The van der Waals surface area contributed by atoms with Gasteiger partial charge in [0, 0.05) is 11.9 Å². The van der Waals surface area contributed by atoms with Crippen LogP contribution in [-0.2, 0) is 4.79 Å². The van der Waals surface area contributed by atoms with Crippen molar-refractivity contribution in [3.63, 3.8) is 0 Å². The Morgan fingerprint density at radius 1 is 0.909 bits per heavy atom. The van der Waals surface area contributed by atoms with E-state index in [-0.39, 0.29) is 12.2 Å². The van der Waals surface area contributed by atoms with Crippen LogP contribution in [0.5, 0.6) is 5.75 Å². The molecule has 1 aromatic heterocycles. The maximum Gasteiger partial charge on any atom is 0.335 e. The third-order valence-electron chi connectivity index (χ3n) is 4.87. The number of carbonyl (C=O) groups excluding carboxylic acids is 1. The number of aromatic nitrogens is 1. The number of carboxylic acid groups (broad SMARTS) is 1. The van der Waals surface area contributed by atoms with Gasteiger partial charge in [0.1, 0.15) is 5.75 Å². The molecule has 3 aromatic carbocycles. The van der Waals surface area contributed by atoms with Crippen molar-refractivity contribution in [2.45, 2.75) is 0 Å². The summed E-state index contributed by atoms with van der Waals surface area (Å²) in [6.07, 6.45) is 3.27. The van der Waals surface area contributed by atoms with Crippen LogP contribution in [-0.4, -0.2) is 34.4 Å². The molecule has 7 heteroatoms. The van der Waals surface area contributed by atoms with Crippen molar-refractivity contribution in [1.29, 1.82) is 0 Å². The van der Waals surface area contributed by atoms with Crippen LogP contribution in [0.2, 0.25) is 0 Å². The van der Waals surface area contributed by atoms with E-state index in [4.69, 9.17) is 4.74 Å². The molecule has 0 saturated heterocycles. The third-order valence-corrected chi connectivity index (χ3v) is 4.87. The highest BCUT2D eigenvalue weighted by Gasteiger charge is 2.07. The minimum atomic E-state index is -0.999. The minimum absolute atomic E-state index is 0.177. The van der Waals surface area contributed by atoms with Gasteiger partial charge in [-0.3, -0.25) is 4.79 Å². The first-order valence-corrected chi connectivity index (χ1v) is 10.2. The molecule has 2 N–H and O–H groups in total. The Morgan fingerprint density at radius 2 is 1.67 bits per heavy atom. The van der Waals surface area contributed by atoms with Crippen LogP contribution in [0, 0.1) is 0 Å². The second-order valence-corrected chi connectivity index (χ2v) is 7.13. The van der Waals surface area contributed by atoms with Gasteiger partial charge in [0.05, 0.1) is 17.5 Å². The number of hydrazone groups is 1. The molecule has 0 aliphatic heterocycles. The van der Waals surface area contributed by atoms with Gasteiger partial charge >= 0.3 is 5.97 Å². The van der Waals surface area contributed by atoms with Crippen LogP contribution >= 0.6 is 0 Å². The molecule has 0 bridgehead atoms. The van der Waals surface area contributed by atoms with Crippen LogP contribution in [0.1, 0.15) is 16.1 Å². The zero-order valence-electron chi connectivity index (χ0n) is 17.6. The molecule has 0 aliphatic rings. The third kappa shape index (κ3) is 5.54. The number of carbonyl (C=O) groups is 2. The molecule has 0 aliphatic carbocycles. The van der Waals surface area contributed by atoms with E-state index in [1.165, 1.54) is 12.3 Å². The minimum Gasteiger partial charge on any atom is -0.484 e. The number of amides is 1. The number of hydrogen-bond donors (Lipinski definition) is 2. The average molecular weight is 439 g/mol. The van der Waals surface area contributed by atoms with Gasteiger partial charge in [-0.25, -0.2) is 10.2 Å². The first-order chi connectivity index (χ1) is 16.1. The molecule has 1 amide bonds. The Bertz CT molecular complexity index is 1280. The molecule has 4 aromatic rings. The van der Waals surface area contributed by atoms with Gasteiger partial charge < -0.3 is 14.4 Å². The molecule has 7 nitrogen and oxygen atoms in total. The Morgan fingerprint density at radius 3 is 2.42 bits per heavy atom. The summed E-state index contributed by atoms with van der Waals surface area (Å²) in [5.74, 6) is -0.813. The van der Waals surface area contributed by atoms with Gasteiger partial charge in [-0.05, 0) is 53.6 Å². The number of nitrogens with zero attached hydrogens (tertiary/aromatic N) is 2. The summed E-state index contributed by atoms with van der Waals surface area (Å²) in [6, 6.07) is 27.7. The van der Waals surface area contributed by atoms with Crippen molar-refractivity contribution >= 4 is 18.1 Å². The Hall–Kier alpha value is -4.65. The first kappa shape index (κ1) is 21.6. The SMILES string of the molecule is O=C(COc1ccc(-c2ccccc2)cc1)NN=Cc1cccn1-c1cccc(C(=O)O)c1. The number of carboxylic acids is 1. The van der Waals surface area contributed by atoms with Gasteiger partial charge in [0.15, 0.2) is 6.61 Å². The maximum atomic E-state index is 12.1. The second-order valence-electron chi connectivity index (χ2n) is 7.13. The predicted molar refractivity (Wildman–Crippen MR) is 126 cm³/mol. The van der Waals surface area contributed by atoms with Crippen LogP contribution in [0.3, 0.4) is 0 Å². The molecule has 4 rings (SSSR count). The van der Waals surface area contributed by atoms with E-state index in [0.29, 0.717) is 17.1 Å². The highest BCUT2D eigenvalue weighted by atomic mass is 16.5. The highest BCUT2D eigenvalue weighted by molar-refractivity contribution is 5.88. The molecule has 33 heavy (non-hydrogen) atoms. The number of rotatable bonds is 8. The van der Waals surface area contributed by atoms with Crippen LogP contribution < -0.4 is 10.2 Å². The number of nitrogens with one attached hydrogen (secondary N) is 1.